The van der Waals surface area contributed by atoms with Crippen molar-refractivity contribution in [2.75, 3.05) is 20.3 Å². The second-order valence-corrected chi connectivity index (χ2v) is 5.02. The molecule has 0 fully saturated rings. The van der Waals surface area contributed by atoms with Gasteiger partial charge in [0.05, 0.1) is 6.26 Å². The van der Waals surface area contributed by atoms with Crippen LogP contribution in [0.25, 0.3) is 6.08 Å². The Morgan fingerprint density at radius 1 is 1.23 bits per heavy atom. The van der Waals surface area contributed by atoms with Crippen LogP contribution in [0.3, 0.4) is 0 Å². The van der Waals surface area contributed by atoms with Crippen LogP contribution in [0.2, 0.25) is 0 Å². The molecule has 5 heteroatoms. The Labute approximate surface area is 128 Å². The van der Waals surface area contributed by atoms with Gasteiger partial charge in [-0.05, 0) is 35.9 Å². The number of fused-ring (bicyclic) bond motifs is 1. The van der Waals surface area contributed by atoms with Crippen LogP contribution >= 0.6 is 0 Å². The molecule has 0 N–H and O–H groups in total. The highest BCUT2D eigenvalue weighted by molar-refractivity contribution is 5.91. The molecule has 0 bridgehead atoms. The van der Waals surface area contributed by atoms with E-state index in [1.807, 2.05) is 18.2 Å². The van der Waals surface area contributed by atoms with E-state index in [-0.39, 0.29) is 5.91 Å². The van der Waals surface area contributed by atoms with E-state index in [4.69, 9.17) is 13.9 Å². The maximum atomic E-state index is 12.1. The summed E-state index contributed by atoms with van der Waals surface area (Å²) in [6.07, 6.45) is 4.72. The summed E-state index contributed by atoms with van der Waals surface area (Å²) in [5.41, 5.74) is 0.992. The Balaban J connectivity index is 1.63. The minimum absolute atomic E-state index is 0.0914. The molecule has 3 rings (SSSR count). The van der Waals surface area contributed by atoms with E-state index < -0.39 is 0 Å². The lowest BCUT2D eigenvalue weighted by molar-refractivity contribution is -0.125. The molecule has 0 saturated heterocycles. The molecule has 1 aliphatic rings. The number of carbonyl (C=O) groups is 1. The van der Waals surface area contributed by atoms with Crippen molar-refractivity contribution in [1.82, 2.24) is 4.90 Å². The van der Waals surface area contributed by atoms with Gasteiger partial charge in [-0.3, -0.25) is 4.79 Å². The SMILES string of the molecule is CN(Cc1ccc2c(c1)OCCO2)C(=O)C=Cc1ccco1. The van der Waals surface area contributed by atoms with E-state index in [9.17, 15) is 4.79 Å². The van der Waals surface area contributed by atoms with E-state index >= 15 is 0 Å². The molecule has 1 aromatic heterocycles. The first kappa shape index (κ1) is 14.3. The summed E-state index contributed by atoms with van der Waals surface area (Å²) in [6, 6.07) is 9.30. The largest absolute Gasteiger partial charge is 0.486 e. The number of ether oxygens (including phenoxy) is 2. The smallest absolute Gasteiger partial charge is 0.246 e. The van der Waals surface area contributed by atoms with Gasteiger partial charge in [-0.25, -0.2) is 0 Å². The average molecular weight is 299 g/mol. The zero-order chi connectivity index (χ0) is 15.4. The van der Waals surface area contributed by atoms with Crippen molar-refractivity contribution in [3.05, 3.63) is 54.0 Å². The molecule has 2 heterocycles. The topological polar surface area (TPSA) is 51.9 Å². The van der Waals surface area contributed by atoms with Gasteiger partial charge >= 0.3 is 0 Å². The number of likely N-dealkylation sites (N-methyl/N-ethyl adjacent to an activating group) is 1. The molecule has 1 aliphatic heterocycles. The predicted octanol–water partition coefficient (Wildman–Crippen LogP) is 2.72. The van der Waals surface area contributed by atoms with Crippen molar-refractivity contribution >= 4 is 12.0 Å². The van der Waals surface area contributed by atoms with Crippen LogP contribution in [0.4, 0.5) is 0 Å². The average Bonchev–Trinajstić information content (AvgIpc) is 3.06. The molecule has 0 radical (unpaired) electrons. The fourth-order valence-corrected chi connectivity index (χ4v) is 2.20. The summed E-state index contributed by atoms with van der Waals surface area (Å²) in [4.78, 5) is 13.7. The quantitative estimate of drug-likeness (QED) is 0.815. The van der Waals surface area contributed by atoms with Gasteiger partial charge in [0.25, 0.3) is 0 Å². The summed E-state index contributed by atoms with van der Waals surface area (Å²) in [5, 5.41) is 0. The number of furan rings is 1. The van der Waals surface area contributed by atoms with Gasteiger partial charge in [0.2, 0.25) is 5.91 Å². The summed E-state index contributed by atoms with van der Waals surface area (Å²) in [7, 11) is 1.76. The number of hydrogen-bond donors (Lipinski definition) is 0. The van der Waals surface area contributed by atoms with Gasteiger partial charge in [-0.15, -0.1) is 0 Å². The van der Waals surface area contributed by atoms with Gasteiger partial charge in [-0.1, -0.05) is 6.07 Å². The van der Waals surface area contributed by atoms with E-state index in [1.165, 1.54) is 6.08 Å². The minimum atomic E-state index is -0.0914. The summed E-state index contributed by atoms with van der Waals surface area (Å²) < 4.78 is 16.2. The van der Waals surface area contributed by atoms with Gasteiger partial charge in [0, 0.05) is 19.7 Å². The number of amides is 1. The Hall–Kier alpha value is -2.69. The van der Waals surface area contributed by atoms with Crippen molar-refractivity contribution in [3.63, 3.8) is 0 Å². The molecule has 0 atom stereocenters. The van der Waals surface area contributed by atoms with Gasteiger partial charge in [0.15, 0.2) is 11.5 Å². The fraction of sp³-hybridized carbons (Fsp3) is 0.235. The number of hydrogen-bond acceptors (Lipinski definition) is 4. The highest BCUT2D eigenvalue weighted by atomic mass is 16.6. The fourth-order valence-electron chi connectivity index (χ4n) is 2.20. The molecular weight excluding hydrogens is 282 g/mol. The van der Waals surface area contributed by atoms with Crippen LogP contribution in [0.5, 0.6) is 11.5 Å². The third kappa shape index (κ3) is 3.31. The summed E-state index contributed by atoms with van der Waals surface area (Å²) in [5.74, 6) is 2.05. The predicted molar refractivity (Wildman–Crippen MR) is 81.6 cm³/mol. The van der Waals surface area contributed by atoms with Crippen LogP contribution in [0, 0.1) is 0 Å². The van der Waals surface area contributed by atoms with Crippen molar-refractivity contribution in [2.24, 2.45) is 0 Å². The molecule has 0 unspecified atom stereocenters. The van der Waals surface area contributed by atoms with Crippen LogP contribution in [0.15, 0.2) is 47.1 Å². The number of benzene rings is 1. The molecule has 0 spiro atoms. The third-order valence-electron chi connectivity index (χ3n) is 3.34. The van der Waals surface area contributed by atoms with Crippen LogP contribution in [0.1, 0.15) is 11.3 Å². The molecule has 0 saturated carbocycles. The molecule has 1 aromatic carbocycles. The maximum Gasteiger partial charge on any atom is 0.246 e. The normalized spacial score (nSPS) is 13.3. The van der Waals surface area contributed by atoms with E-state index in [2.05, 4.69) is 0 Å². The second kappa shape index (κ2) is 6.39. The second-order valence-electron chi connectivity index (χ2n) is 5.02. The highest BCUT2D eigenvalue weighted by Gasteiger charge is 2.13. The Bertz CT molecular complexity index is 676. The van der Waals surface area contributed by atoms with Crippen LogP contribution in [-0.4, -0.2) is 31.1 Å². The molecule has 0 aliphatic carbocycles. The highest BCUT2D eigenvalue weighted by Crippen LogP contribution is 2.31. The molecular formula is C17H17NO4. The van der Waals surface area contributed by atoms with Crippen molar-refractivity contribution in [3.8, 4) is 11.5 Å². The van der Waals surface area contributed by atoms with Gasteiger partial charge in [-0.2, -0.15) is 0 Å². The van der Waals surface area contributed by atoms with E-state index in [0.29, 0.717) is 25.5 Å². The molecule has 1 amide bonds. The number of rotatable bonds is 4. The first-order valence-corrected chi connectivity index (χ1v) is 7.07. The number of nitrogens with zero attached hydrogens (tertiary/aromatic N) is 1. The number of carbonyl (C=O) groups excluding carboxylic acids is 1. The van der Waals surface area contributed by atoms with E-state index in [1.54, 1.807) is 36.4 Å². The van der Waals surface area contributed by atoms with Crippen LogP contribution in [-0.2, 0) is 11.3 Å². The first-order chi connectivity index (χ1) is 10.7. The zero-order valence-corrected chi connectivity index (χ0v) is 12.3. The minimum Gasteiger partial charge on any atom is -0.486 e. The summed E-state index contributed by atoms with van der Waals surface area (Å²) >= 11 is 0. The zero-order valence-electron chi connectivity index (χ0n) is 12.3. The van der Waals surface area contributed by atoms with Gasteiger partial charge in [0.1, 0.15) is 19.0 Å². The standard InChI is InChI=1S/C17H17NO4/c1-18(17(19)7-5-14-3-2-8-20-14)12-13-4-6-15-16(11-13)22-10-9-21-15/h2-8,11H,9-10,12H2,1H3. The van der Waals surface area contributed by atoms with Gasteiger partial charge < -0.3 is 18.8 Å². The van der Waals surface area contributed by atoms with Crippen molar-refractivity contribution in [2.45, 2.75) is 6.54 Å². The Kier molecular flexibility index (Phi) is 4.14. The summed E-state index contributed by atoms with van der Waals surface area (Å²) in [6.45, 7) is 1.62. The Morgan fingerprint density at radius 2 is 2.05 bits per heavy atom. The molecule has 22 heavy (non-hydrogen) atoms. The molecule has 114 valence electrons. The molecule has 2 aromatic rings. The van der Waals surface area contributed by atoms with Crippen molar-refractivity contribution in [1.29, 1.82) is 0 Å². The lowest BCUT2D eigenvalue weighted by atomic mass is 10.2. The van der Waals surface area contributed by atoms with Crippen molar-refractivity contribution < 1.29 is 18.7 Å². The Morgan fingerprint density at radius 3 is 2.82 bits per heavy atom. The lowest BCUT2D eigenvalue weighted by Crippen LogP contribution is -2.24. The first-order valence-electron chi connectivity index (χ1n) is 7.07. The maximum absolute atomic E-state index is 12.1. The lowest BCUT2D eigenvalue weighted by Gasteiger charge is -2.20. The third-order valence-corrected chi connectivity index (χ3v) is 3.34. The molecule has 5 nitrogen and oxygen atoms in total. The van der Waals surface area contributed by atoms with E-state index in [0.717, 1.165) is 17.1 Å². The monoisotopic (exact) mass is 299 g/mol. The van der Waals surface area contributed by atoms with Crippen LogP contribution < -0.4 is 9.47 Å².